The van der Waals surface area contributed by atoms with Crippen LogP contribution in [-0.2, 0) is 9.47 Å². The molecule has 1 aromatic carbocycles. The van der Waals surface area contributed by atoms with Crippen molar-refractivity contribution < 1.29 is 14.3 Å². The molecule has 1 aliphatic rings. The van der Waals surface area contributed by atoms with Gasteiger partial charge in [0, 0.05) is 5.92 Å². The molecule has 4 rings (SSSR count). The minimum atomic E-state index is -0.511. The molecule has 3 aromatic rings. The molecular weight excluding hydrogens is 368 g/mol. The van der Waals surface area contributed by atoms with E-state index in [9.17, 15) is 4.79 Å². The molecule has 0 aliphatic carbocycles. The zero-order valence-electron chi connectivity index (χ0n) is 14.9. The molecule has 3 heterocycles. The van der Waals surface area contributed by atoms with Crippen LogP contribution in [0.3, 0.4) is 0 Å². The van der Waals surface area contributed by atoms with E-state index in [-0.39, 0.29) is 23.1 Å². The summed E-state index contributed by atoms with van der Waals surface area (Å²) in [4.78, 5) is 16.9. The zero-order valence-corrected chi connectivity index (χ0v) is 15.7. The molecule has 0 spiro atoms. The van der Waals surface area contributed by atoms with Crippen molar-refractivity contribution in [1.82, 2.24) is 19.7 Å². The smallest absolute Gasteiger partial charge is 0.338 e. The van der Waals surface area contributed by atoms with Gasteiger partial charge in [-0.3, -0.25) is 4.57 Å². The third-order valence-electron chi connectivity index (χ3n) is 4.98. The summed E-state index contributed by atoms with van der Waals surface area (Å²) in [5.74, 6) is -0.351. The average molecular weight is 387 g/mol. The molecule has 7 nitrogen and oxygen atoms in total. The standard InChI is InChI=1S/C19H19ClN4O3/c1-3-14-11(2)16(27-19(25)12-7-5-4-6-8-12)18(26-14)24-10-21-15-13(24)9-22-23-17(15)20/h4-11,14,16,18H,3H2,1-2H3/t11-,14-,16-,18-/m1/s1. The number of aromatic nitrogens is 4. The van der Waals surface area contributed by atoms with Gasteiger partial charge in [0.05, 0.1) is 29.7 Å². The van der Waals surface area contributed by atoms with Crippen molar-refractivity contribution in [2.24, 2.45) is 5.92 Å². The van der Waals surface area contributed by atoms with Gasteiger partial charge in [-0.1, -0.05) is 43.6 Å². The normalized spacial score (nSPS) is 25.0. The SMILES string of the molecule is CC[C@H]1O[C@@H](n2cnc3c(Cl)nncc32)[C@H](OC(=O)c2ccccc2)[C@@H]1C. The van der Waals surface area contributed by atoms with Gasteiger partial charge in [-0.2, -0.15) is 5.10 Å². The van der Waals surface area contributed by atoms with Gasteiger partial charge >= 0.3 is 5.97 Å². The van der Waals surface area contributed by atoms with Crippen molar-refractivity contribution >= 4 is 28.6 Å². The van der Waals surface area contributed by atoms with Gasteiger partial charge in [-0.15, -0.1) is 5.10 Å². The Kier molecular flexibility index (Phi) is 4.80. The van der Waals surface area contributed by atoms with Crippen LogP contribution in [0.5, 0.6) is 0 Å². The number of hydrogen-bond acceptors (Lipinski definition) is 6. The Morgan fingerprint density at radius 1 is 1.33 bits per heavy atom. The number of carbonyl (C=O) groups excluding carboxylic acids is 1. The van der Waals surface area contributed by atoms with Gasteiger partial charge in [-0.05, 0) is 18.6 Å². The number of rotatable bonds is 4. The summed E-state index contributed by atoms with van der Waals surface area (Å²) < 4.78 is 13.9. The highest BCUT2D eigenvalue weighted by Gasteiger charge is 2.45. The lowest BCUT2D eigenvalue weighted by molar-refractivity contribution is -0.0467. The van der Waals surface area contributed by atoms with Gasteiger partial charge in [0.15, 0.2) is 17.5 Å². The molecule has 0 saturated carbocycles. The monoisotopic (exact) mass is 386 g/mol. The Balaban J connectivity index is 1.69. The number of nitrogens with zero attached hydrogens (tertiary/aromatic N) is 4. The Hall–Kier alpha value is -2.51. The van der Waals surface area contributed by atoms with Crippen LogP contribution in [0, 0.1) is 5.92 Å². The predicted octanol–water partition coefficient (Wildman–Crippen LogP) is 3.65. The third kappa shape index (κ3) is 3.17. The minimum Gasteiger partial charge on any atom is -0.454 e. The van der Waals surface area contributed by atoms with Crippen LogP contribution >= 0.6 is 11.6 Å². The maximum atomic E-state index is 12.6. The van der Waals surface area contributed by atoms with Gasteiger partial charge < -0.3 is 9.47 Å². The Morgan fingerprint density at radius 2 is 2.11 bits per heavy atom. The molecule has 0 unspecified atom stereocenters. The molecule has 0 bridgehead atoms. The van der Waals surface area contributed by atoms with Crippen LogP contribution in [-0.4, -0.2) is 37.9 Å². The van der Waals surface area contributed by atoms with E-state index < -0.39 is 12.3 Å². The fourth-order valence-corrected chi connectivity index (χ4v) is 3.71. The lowest BCUT2D eigenvalue weighted by Crippen LogP contribution is -2.30. The van der Waals surface area contributed by atoms with Crippen molar-refractivity contribution in [2.45, 2.75) is 38.7 Å². The number of halogens is 1. The van der Waals surface area contributed by atoms with E-state index in [1.807, 2.05) is 36.6 Å². The second-order valence-corrected chi connectivity index (χ2v) is 6.95. The van der Waals surface area contributed by atoms with Crippen LogP contribution < -0.4 is 0 Å². The van der Waals surface area contributed by atoms with Crippen molar-refractivity contribution in [3.8, 4) is 0 Å². The number of benzene rings is 1. The quantitative estimate of drug-likeness (QED) is 0.637. The molecule has 0 amide bonds. The highest BCUT2D eigenvalue weighted by molar-refractivity contribution is 6.33. The third-order valence-corrected chi connectivity index (χ3v) is 5.24. The summed E-state index contributed by atoms with van der Waals surface area (Å²) in [6.45, 7) is 4.08. The van der Waals surface area contributed by atoms with Crippen molar-refractivity contribution in [2.75, 3.05) is 0 Å². The average Bonchev–Trinajstić information content (AvgIpc) is 3.25. The predicted molar refractivity (Wildman–Crippen MR) is 99.3 cm³/mol. The second kappa shape index (κ2) is 7.25. The van der Waals surface area contributed by atoms with Crippen molar-refractivity contribution in [1.29, 1.82) is 0 Å². The molecule has 1 saturated heterocycles. The largest absolute Gasteiger partial charge is 0.454 e. The van der Waals surface area contributed by atoms with E-state index in [4.69, 9.17) is 21.1 Å². The van der Waals surface area contributed by atoms with E-state index in [0.717, 1.165) is 6.42 Å². The van der Waals surface area contributed by atoms with Gasteiger partial charge in [0.25, 0.3) is 0 Å². The number of esters is 1. The molecular formula is C19H19ClN4O3. The lowest BCUT2D eigenvalue weighted by atomic mass is 9.98. The maximum Gasteiger partial charge on any atom is 0.338 e. The lowest BCUT2D eigenvalue weighted by Gasteiger charge is -2.23. The fraction of sp³-hybridized carbons (Fsp3) is 0.368. The van der Waals surface area contributed by atoms with Crippen LogP contribution in [0.4, 0.5) is 0 Å². The summed E-state index contributed by atoms with van der Waals surface area (Å²) in [6.07, 6.45) is 3.00. The summed E-state index contributed by atoms with van der Waals surface area (Å²) in [7, 11) is 0. The fourth-order valence-electron chi connectivity index (χ4n) is 3.52. The van der Waals surface area contributed by atoms with E-state index in [2.05, 4.69) is 15.2 Å². The summed E-state index contributed by atoms with van der Waals surface area (Å²) in [5, 5.41) is 7.94. The van der Waals surface area contributed by atoms with Gasteiger partial charge in [0.2, 0.25) is 0 Å². The molecule has 8 heteroatoms. The summed E-state index contributed by atoms with van der Waals surface area (Å²) in [6, 6.07) is 8.94. The minimum absolute atomic E-state index is 0.0235. The van der Waals surface area contributed by atoms with E-state index >= 15 is 0 Å². The molecule has 27 heavy (non-hydrogen) atoms. The van der Waals surface area contributed by atoms with Crippen LogP contribution in [0.25, 0.3) is 11.0 Å². The Labute approximate surface area is 161 Å². The number of ether oxygens (including phenoxy) is 2. The molecule has 0 N–H and O–H groups in total. The highest BCUT2D eigenvalue weighted by atomic mass is 35.5. The van der Waals surface area contributed by atoms with Crippen LogP contribution in [0.15, 0.2) is 42.9 Å². The molecule has 4 atom stereocenters. The van der Waals surface area contributed by atoms with Gasteiger partial charge in [-0.25, -0.2) is 9.78 Å². The van der Waals surface area contributed by atoms with E-state index in [1.54, 1.807) is 24.7 Å². The maximum absolute atomic E-state index is 12.6. The second-order valence-electron chi connectivity index (χ2n) is 6.59. The zero-order chi connectivity index (χ0) is 19.0. The number of imidazole rings is 1. The number of carbonyl (C=O) groups is 1. The Bertz CT molecular complexity index is 962. The van der Waals surface area contributed by atoms with Crippen molar-refractivity contribution in [3.05, 3.63) is 53.6 Å². The molecule has 0 radical (unpaired) electrons. The molecule has 1 aliphatic heterocycles. The van der Waals surface area contributed by atoms with Crippen molar-refractivity contribution in [3.63, 3.8) is 0 Å². The summed E-state index contributed by atoms with van der Waals surface area (Å²) in [5.41, 5.74) is 1.73. The number of fused-ring (bicyclic) bond motifs is 1. The first kappa shape index (κ1) is 17.9. The topological polar surface area (TPSA) is 79.1 Å². The first-order valence-electron chi connectivity index (χ1n) is 8.85. The Morgan fingerprint density at radius 3 is 2.85 bits per heavy atom. The van der Waals surface area contributed by atoms with E-state index in [0.29, 0.717) is 16.6 Å². The summed E-state index contributed by atoms with van der Waals surface area (Å²) >= 11 is 6.09. The first-order chi connectivity index (χ1) is 13.1. The molecule has 1 fully saturated rings. The van der Waals surface area contributed by atoms with E-state index in [1.165, 1.54) is 0 Å². The van der Waals surface area contributed by atoms with Crippen LogP contribution in [0.2, 0.25) is 5.15 Å². The van der Waals surface area contributed by atoms with Crippen LogP contribution in [0.1, 0.15) is 36.9 Å². The number of hydrogen-bond donors (Lipinski definition) is 0. The molecule has 2 aromatic heterocycles. The molecule has 140 valence electrons. The first-order valence-corrected chi connectivity index (χ1v) is 9.23. The van der Waals surface area contributed by atoms with Gasteiger partial charge in [0.1, 0.15) is 5.52 Å². The highest BCUT2D eigenvalue weighted by Crippen LogP contribution is 2.39.